The second-order valence-corrected chi connectivity index (χ2v) is 7.91. The molecule has 1 heterocycles. The lowest BCUT2D eigenvalue weighted by atomic mass is 9.98. The Kier molecular flexibility index (Phi) is 6.26. The van der Waals surface area contributed by atoms with Crippen molar-refractivity contribution in [2.75, 3.05) is 26.7 Å². The standard InChI is InChI=1S/C14H29N3O2S/c1-15-12-13-8-10-17(11-9-13)20(18,19)16-14-6-4-2-3-5-7-14/h13-16H,2-12H2,1H3. The summed E-state index contributed by atoms with van der Waals surface area (Å²) < 4.78 is 29.4. The van der Waals surface area contributed by atoms with Gasteiger partial charge in [-0.1, -0.05) is 25.7 Å². The predicted octanol–water partition coefficient (Wildman–Crippen LogP) is 1.47. The fraction of sp³-hybridized carbons (Fsp3) is 1.00. The summed E-state index contributed by atoms with van der Waals surface area (Å²) in [6, 6.07) is 0.150. The van der Waals surface area contributed by atoms with Gasteiger partial charge in [0, 0.05) is 19.1 Å². The average molecular weight is 303 g/mol. The highest BCUT2D eigenvalue weighted by molar-refractivity contribution is 7.87. The van der Waals surface area contributed by atoms with Crippen molar-refractivity contribution in [1.29, 1.82) is 0 Å². The van der Waals surface area contributed by atoms with Gasteiger partial charge in [0.1, 0.15) is 0 Å². The minimum Gasteiger partial charge on any atom is -0.319 e. The molecule has 6 heteroatoms. The highest BCUT2D eigenvalue weighted by atomic mass is 32.2. The molecule has 1 saturated heterocycles. The summed E-state index contributed by atoms with van der Waals surface area (Å²) in [5.41, 5.74) is 0. The molecule has 2 rings (SSSR count). The van der Waals surface area contributed by atoms with Crippen molar-refractivity contribution in [3.05, 3.63) is 0 Å². The quantitative estimate of drug-likeness (QED) is 0.756. The molecule has 2 N–H and O–H groups in total. The maximum Gasteiger partial charge on any atom is 0.279 e. The summed E-state index contributed by atoms with van der Waals surface area (Å²) in [7, 11) is -1.32. The van der Waals surface area contributed by atoms with Crippen molar-refractivity contribution in [2.45, 2.75) is 57.4 Å². The van der Waals surface area contributed by atoms with E-state index in [4.69, 9.17) is 0 Å². The Hall–Kier alpha value is -0.170. The summed E-state index contributed by atoms with van der Waals surface area (Å²) in [5.74, 6) is 0.615. The molecule has 20 heavy (non-hydrogen) atoms. The molecule has 0 aromatic rings. The van der Waals surface area contributed by atoms with E-state index in [9.17, 15) is 8.42 Å². The van der Waals surface area contributed by atoms with Crippen molar-refractivity contribution >= 4 is 10.2 Å². The molecular weight excluding hydrogens is 274 g/mol. The van der Waals surface area contributed by atoms with Gasteiger partial charge in [-0.25, -0.2) is 0 Å². The summed E-state index contributed by atoms with van der Waals surface area (Å²) >= 11 is 0. The molecule has 0 unspecified atom stereocenters. The second kappa shape index (κ2) is 7.73. The molecule has 1 saturated carbocycles. The van der Waals surface area contributed by atoms with E-state index in [-0.39, 0.29) is 6.04 Å². The van der Waals surface area contributed by atoms with Crippen molar-refractivity contribution in [2.24, 2.45) is 5.92 Å². The highest BCUT2D eigenvalue weighted by Crippen LogP contribution is 2.21. The third kappa shape index (κ3) is 4.69. The van der Waals surface area contributed by atoms with E-state index in [0.29, 0.717) is 19.0 Å². The van der Waals surface area contributed by atoms with Crippen LogP contribution < -0.4 is 10.0 Å². The van der Waals surface area contributed by atoms with Crippen molar-refractivity contribution in [1.82, 2.24) is 14.3 Å². The lowest BCUT2D eigenvalue weighted by Crippen LogP contribution is -2.48. The van der Waals surface area contributed by atoms with Gasteiger partial charge in [0.2, 0.25) is 0 Å². The minimum atomic E-state index is -3.27. The molecule has 0 aromatic heterocycles. The molecule has 0 amide bonds. The van der Waals surface area contributed by atoms with E-state index < -0.39 is 10.2 Å². The first kappa shape index (κ1) is 16.2. The Labute approximate surface area is 123 Å². The Bertz CT molecular complexity index is 370. The Morgan fingerprint density at radius 2 is 1.60 bits per heavy atom. The summed E-state index contributed by atoms with van der Waals surface area (Å²) in [6.45, 7) is 2.31. The first-order valence-corrected chi connectivity index (χ1v) is 9.48. The van der Waals surface area contributed by atoms with E-state index >= 15 is 0 Å². The van der Waals surface area contributed by atoms with E-state index in [1.165, 1.54) is 12.8 Å². The van der Waals surface area contributed by atoms with Crippen molar-refractivity contribution in [3.63, 3.8) is 0 Å². The van der Waals surface area contributed by atoms with E-state index in [1.54, 1.807) is 4.31 Å². The fourth-order valence-corrected chi connectivity index (χ4v) is 4.82. The summed E-state index contributed by atoms with van der Waals surface area (Å²) in [4.78, 5) is 0. The van der Waals surface area contributed by atoms with Gasteiger partial charge < -0.3 is 5.32 Å². The summed E-state index contributed by atoms with van der Waals surface area (Å²) in [5, 5.41) is 3.18. The van der Waals surface area contributed by atoms with Gasteiger partial charge in [-0.3, -0.25) is 0 Å². The van der Waals surface area contributed by atoms with Gasteiger partial charge >= 0.3 is 0 Å². The first-order chi connectivity index (χ1) is 9.62. The van der Waals surface area contributed by atoms with Gasteiger partial charge in [0.05, 0.1) is 0 Å². The van der Waals surface area contributed by atoms with Gasteiger partial charge in [0.15, 0.2) is 0 Å². The van der Waals surface area contributed by atoms with Crippen LogP contribution in [0.3, 0.4) is 0 Å². The van der Waals surface area contributed by atoms with Crippen LogP contribution in [0, 0.1) is 5.92 Å². The number of hydrogen-bond donors (Lipinski definition) is 2. The van der Waals surface area contributed by atoms with E-state index in [1.807, 2.05) is 7.05 Å². The molecule has 0 aromatic carbocycles. The largest absolute Gasteiger partial charge is 0.319 e. The lowest BCUT2D eigenvalue weighted by molar-refractivity contribution is 0.266. The average Bonchev–Trinajstić information content (AvgIpc) is 2.68. The molecule has 2 aliphatic rings. The van der Waals surface area contributed by atoms with Gasteiger partial charge in [-0.15, -0.1) is 0 Å². The molecule has 0 spiro atoms. The van der Waals surface area contributed by atoms with Crippen molar-refractivity contribution in [3.8, 4) is 0 Å². The Morgan fingerprint density at radius 1 is 1.00 bits per heavy atom. The van der Waals surface area contributed by atoms with Crippen LogP contribution >= 0.6 is 0 Å². The molecule has 118 valence electrons. The maximum absolute atomic E-state index is 12.4. The normalized spacial score (nSPS) is 24.6. The Balaban J connectivity index is 1.84. The van der Waals surface area contributed by atoms with Gasteiger partial charge in [0.25, 0.3) is 10.2 Å². The molecular formula is C14H29N3O2S. The molecule has 0 radical (unpaired) electrons. The van der Waals surface area contributed by atoms with Crippen LogP contribution in [0.2, 0.25) is 0 Å². The minimum absolute atomic E-state index is 0.150. The van der Waals surface area contributed by atoms with Crippen LogP contribution in [0.4, 0.5) is 0 Å². The molecule has 0 atom stereocenters. The molecule has 1 aliphatic carbocycles. The summed E-state index contributed by atoms with van der Waals surface area (Å²) in [6.07, 6.45) is 8.71. The monoisotopic (exact) mass is 303 g/mol. The Morgan fingerprint density at radius 3 is 2.15 bits per heavy atom. The van der Waals surface area contributed by atoms with Crippen LogP contribution in [0.1, 0.15) is 51.4 Å². The zero-order valence-electron chi connectivity index (χ0n) is 12.6. The highest BCUT2D eigenvalue weighted by Gasteiger charge is 2.29. The number of nitrogens with one attached hydrogen (secondary N) is 2. The maximum atomic E-state index is 12.4. The zero-order valence-corrected chi connectivity index (χ0v) is 13.4. The van der Waals surface area contributed by atoms with Gasteiger partial charge in [-0.2, -0.15) is 17.4 Å². The number of piperidine rings is 1. The molecule has 5 nitrogen and oxygen atoms in total. The lowest BCUT2D eigenvalue weighted by Gasteiger charge is -2.32. The molecule has 1 aliphatic heterocycles. The second-order valence-electron chi connectivity index (χ2n) is 6.21. The van der Waals surface area contributed by atoms with E-state index in [2.05, 4.69) is 10.0 Å². The van der Waals surface area contributed by atoms with Gasteiger partial charge in [-0.05, 0) is 45.2 Å². The van der Waals surface area contributed by atoms with E-state index in [0.717, 1.165) is 45.1 Å². The number of rotatable bonds is 5. The predicted molar refractivity (Wildman–Crippen MR) is 81.8 cm³/mol. The number of hydrogen-bond acceptors (Lipinski definition) is 3. The van der Waals surface area contributed by atoms with Crippen LogP contribution in [-0.4, -0.2) is 45.4 Å². The first-order valence-electron chi connectivity index (χ1n) is 8.04. The third-order valence-electron chi connectivity index (χ3n) is 4.58. The van der Waals surface area contributed by atoms with Crippen LogP contribution in [0.25, 0.3) is 0 Å². The number of nitrogens with zero attached hydrogens (tertiary/aromatic N) is 1. The zero-order chi connectivity index (χ0) is 14.4. The molecule has 2 fully saturated rings. The van der Waals surface area contributed by atoms with Crippen molar-refractivity contribution < 1.29 is 8.42 Å². The van der Waals surface area contributed by atoms with Crippen LogP contribution in [0.15, 0.2) is 0 Å². The smallest absolute Gasteiger partial charge is 0.279 e. The SMILES string of the molecule is CNCC1CCN(S(=O)(=O)NC2CCCCCC2)CC1. The molecule has 0 bridgehead atoms. The topological polar surface area (TPSA) is 61.4 Å². The van der Waals surface area contributed by atoms with Crippen LogP contribution in [-0.2, 0) is 10.2 Å². The fourth-order valence-electron chi connectivity index (χ4n) is 3.32. The third-order valence-corrected chi connectivity index (χ3v) is 6.25. The van der Waals surface area contributed by atoms with Crippen LogP contribution in [0.5, 0.6) is 0 Å².